The number of nitrogens with zero attached hydrogens (tertiary/aromatic N) is 1. The Morgan fingerprint density at radius 2 is 2.00 bits per heavy atom. The molecule has 0 unspecified atom stereocenters. The normalized spacial score (nSPS) is 10.8. The SMILES string of the molecule is CC(C)c1nc(NCCc2ccc(O)cc2)cc(=O)[nH]1. The summed E-state index contributed by atoms with van der Waals surface area (Å²) in [6, 6.07) is 8.54. The van der Waals surface area contributed by atoms with E-state index in [2.05, 4.69) is 15.3 Å². The molecule has 0 aliphatic heterocycles. The first kappa shape index (κ1) is 14.1. The fourth-order valence-corrected chi connectivity index (χ4v) is 1.84. The van der Waals surface area contributed by atoms with Crippen LogP contribution in [0.5, 0.6) is 5.75 Å². The average molecular weight is 273 g/mol. The quantitative estimate of drug-likeness (QED) is 0.780. The zero-order valence-corrected chi connectivity index (χ0v) is 11.7. The van der Waals surface area contributed by atoms with Gasteiger partial charge in [-0.2, -0.15) is 0 Å². The molecule has 0 aliphatic carbocycles. The van der Waals surface area contributed by atoms with Gasteiger partial charge in [0.05, 0.1) is 0 Å². The number of rotatable bonds is 5. The summed E-state index contributed by atoms with van der Waals surface area (Å²) < 4.78 is 0. The van der Waals surface area contributed by atoms with Gasteiger partial charge in [0, 0.05) is 18.5 Å². The van der Waals surface area contributed by atoms with Crippen molar-refractivity contribution in [1.29, 1.82) is 0 Å². The van der Waals surface area contributed by atoms with Gasteiger partial charge < -0.3 is 15.4 Å². The number of hydrogen-bond acceptors (Lipinski definition) is 4. The van der Waals surface area contributed by atoms with Crippen LogP contribution in [0.15, 0.2) is 35.1 Å². The highest BCUT2D eigenvalue weighted by molar-refractivity contribution is 5.34. The highest BCUT2D eigenvalue weighted by Gasteiger charge is 2.04. The lowest BCUT2D eigenvalue weighted by molar-refractivity contribution is 0.475. The Morgan fingerprint density at radius 3 is 2.65 bits per heavy atom. The van der Waals surface area contributed by atoms with E-state index in [4.69, 9.17) is 0 Å². The van der Waals surface area contributed by atoms with Crippen molar-refractivity contribution in [1.82, 2.24) is 9.97 Å². The number of aromatic hydroxyl groups is 1. The molecule has 0 aliphatic rings. The van der Waals surface area contributed by atoms with E-state index in [0.717, 1.165) is 12.0 Å². The van der Waals surface area contributed by atoms with Crippen LogP contribution in [-0.4, -0.2) is 21.6 Å². The summed E-state index contributed by atoms with van der Waals surface area (Å²) in [5.41, 5.74) is 0.972. The van der Waals surface area contributed by atoms with Crippen LogP contribution >= 0.6 is 0 Å². The third-order valence-electron chi connectivity index (χ3n) is 2.96. The van der Waals surface area contributed by atoms with Crippen LogP contribution in [0.4, 0.5) is 5.82 Å². The van der Waals surface area contributed by atoms with Crippen LogP contribution in [0.25, 0.3) is 0 Å². The number of benzene rings is 1. The maximum Gasteiger partial charge on any atom is 0.252 e. The van der Waals surface area contributed by atoms with Crippen LogP contribution in [-0.2, 0) is 6.42 Å². The van der Waals surface area contributed by atoms with E-state index in [9.17, 15) is 9.90 Å². The second-order valence-corrected chi connectivity index (χ2v) is 5.01. The van der Waals surface area contributed by atoms with Gasteiger partial charge in [0.2, 0.25) is 0 Å². The van der Waals surface area contributed by atoms with E-state index in [0.29, 0.717) is 18.2 Å². The molecule has 3 N–H and O–H groups in total. The Morgan fingerprint density at radius 1 is 1.30 bits per heavy atom. The molecule has 1 aromatic heterocycles. The number of nitrogens with one attached hydrogen (secondary N) is 2. The molecule has 5 heteroatoms. The molecule has 106 valence electrons. The van der Waals surface area contributed by atoms with Crippen molar-refractivity contribution in [3.8, 4) is 5.75 Å². The minimum atomic E-state index is -0.143. The van der Waals surface area contributed by atoms with Gasteiger partial charge in [-0.1, -0.05) is 26.0 Å². The molecule has 0 amide bonds. The van der Waals surface area contributed by atoms with Gasteiger partial charge in [-0.3, -0.25) is 4.79 Å². The number of H-pyrrole nitrogens is 1. The van der Waals surface area contributed by atoms with E-state index < -0.39 is 0 Å². The van der Waals surface area contributed by atoms with Crippen LogP contribution < -0.4 is 10.9 Å². The fraction of sp³-hybridized carbons (Fsp3) is 0.333. The van der Waals surface area contributed by atoms with Gasteiger partial charge in [0.15, 0.2) is 0 Å². The molecule has 0 spiro atoms. The molecular formula is C15H19N3O2. The molecule has 2 rings (SSSR count). The highest BCUT2D eigenvalue weighted by atomic mass is 16.3. The predicted octanol–water partition coefficient (Wildman–Crippen LogP) is 2.25. The summed E-state index contributed by atoms with van der Waals surface area (Å²) in [6.45, 7) is 4.65. The topological polar surface area (TPSA) is 78.0 Å². The number of aromatic amines is 1. The van der Waals surface area contributed by atoms with Crippen molar-refractivity contribution in [2.45, 2.75) is 26.2 Å². The summed E-state index contributed by atoms with van der Waals surface area (Å²) in [5, 5.41) is 12.4. The Kier molecular flexibility index (Phi) is 4.40. The van der Waals surface area contributed by atoms with Crippen molar-refractivity contribution in [3.05, 3.63) is 52.1 Å². The lowest BCUT2D eigenvalue weighted by Gasteiger charge is -2.09. The molecule has 1 heterocycles. The summed E-state index contributed by atoms with van der Waals surface area (Å²) >= 11 is 0. The van der Waals surface area contributed by atoms with E-state index in [-0.39, 0.29) is 17.2 Å². The molecule has 0 saturated carbocycles. The lowest BCUT2D eigenvalue weighted by Crippen LogP contribution is -2.15. The highest BCUT2D eigenvalue weighted by Crippen LogP contribution is 2.11. The first-order valence-electron chi connectivity index (χ1n) is 6.67. The van der Waals surface area contributed by atoms with Crippen LogP contribution in [0, 0.1) is 0 Å². The van der Waals surface area contributed by atoms with Crippen LogP contribution in [0.1, 0.15) is 31.2 Å². The minimum absolute atomic E-state index is 0.143. The van der Waals surface area contributed by atoms with Gasteiger partial charge in [0.1, 0.15) is 17.4 Å². The first-order valence-corrected chi connectivity index (χ1v) is 6.67. The first-order chi connectivity index (χ1) is 9.54. The van der Waals surface area contributed by atoms with Crippen molar-refractivity contribution in [3.63, 3.8) is 0 Å². The number of hydrogen-bond donors (Lipinski definition) is 3. The molecule has 20 heavy (non-hydrogen) atoms. The maximum absolute atomic E-state index is 11.5. The van der Waals surface area contributed by atoms with Gasteiger partial charge in [0.25, 0.3) is 5.56 Å². The average Bonchev–Trinajstić information content (AvgIpc) is 2.40. The Balaban J connectivity index is 1.97. The Bertz CT molecular complexity index is 618. The lowest BCUT2D eigenvalue weighted by atomic mass is 10.1. The van der Waals surface area contributed by atoms with E-state index >= 15 is 0 Å². The summed E-state index contributed by atoms with van der Waals surface area (Å²) in [6.07, 6.45) is 0.797. The van der Waals surface area contributed by atoms with Crippen molar-refractivity contribution in [2.75, 3.05) is 11.9 Å². The molecule has 1 aromatic carbocycles. The summed E-state index contributed by atoms with van der Waals surface area (Å²) in [4.78, 5) is 18.6. The molecule has 5 nitrogen and oxygen atoms in total. The number of phenolic OH excluding ortho intramolecular Hbond substituents is 1. The zero-order chi connectivity index (χ0) is 14.5. The number of phenols is 1. The molecule has 2 aromatic rings. The van der Waals surface area contributed by atoms with Gasteiger partial charge in [-0.05, 0) is 24.1 Å². The van der Waals surface area contributed by atoms with Crippen LogP contribution in [0.3, 0.4) is 0 Å². The Hall–Kier alpha value is -2.30. The zero-order valence-electron chi connectivity index (χ0n) is 11.7. The van der Waals surface area contributed by atoms with Crippen molar-refractivity contribution < 1.29 is 5.11 Å². The van der Waals surface area contributed by atoms with E-state index in [1.54, 1.807) is 12.1 Å². The molecular weight excluding hydrogens is 254 g/mol. The standard InChI is InChI=1S/C15H19N3O2/c1-10(2)15-17-13(9-14(20)18-15)16-8-7-11-3-5-12(19)6-4-11/h3-6,9-10,19H,7-8H2,1-2H3,(H2,16,17,18,20). The second kappa shape index (κ2) is 6.23. The molecule has 0 radical (unpaired) electrons. The third kappa shape index (κ3) is 3.85. The fourth-order valence-electron chi connectivity index (χ4n) is 1.84. The predicted molar refractivity (Wildman–Crippen MR) is 79.2 cm³/mol. The largest absolute Gasteiger partial charge is 0.508 e. The smallest absolute Gasteiger partial charge is 0.252 e. The van der Waals surface area contributed by atoms with Gasteiger partial charge in [-0.25, -0.2) is 4.98 Å². The van der Waals surface area contributed by atoms with E-state index in [1.165, 1.54) is 6.07 Å². The summed E-state index contributed by atoms with van der Waals surface area (Å²) in [7, 11) is 0. The van der Waals surface area contributed by atoms with Crippen LogP contribution in [0.2, 0.25) is 0 Å². The van der Waals surface area contributed by atoms with E-state index in [1.807, 2.05) is 26.0 Å². The number of aromatic nitrogens is 2. The Labute approximate surface area is 117 Å². The monoisotopic (exact) mass is 273 g/mol. The third-order valence-corrected chi connectivity index (χ3v) is 2.96. The maximum atomic E-state index is 11.5. The van der Waals surface area contributed by atoms with Gasteiger partial charge >= 0.3 is 0 Å². The molecule has 0 bridgehead atoms. The molecule has 0 saturated heterocycles. The number of anilines is 1. The minimum Gasteiger partial charge on any atom is -0.508 e. The van der Waals surface area contributed by atoms with Gasteiger partial charge in [-0.15, -0.1) is 0 Å². The molecule has 0 fully saturated rings. The second-order valence-electron chi connectivity index (χ2n) is 5.01. The molecule has 0 atom stereocenters. The summed E-state index contributed by atoms with van der Waals surface area (Å²) in [5.74, 6) is 1.72. The van der Waals surface area contributed by atoms with Crippen molar-refractivity contribution in [2.24, 2.45) is 0 Å². The van der Waals surface area contributed by atoms with Crippen molar-refractivity contribution >= 4 is 5.82 Å².